The topological polar surface area (TPSA) is 58.6 Å². The zero-order valence-corrected chi connectivity index (χ0v) is 17.1. The third-order valence-corrected chi connectivity index (χ3v) is 4.56. The van der Waals surface area contributed by atoms with Gasteiger partial charge in [-0.15, -0.1) is 0 Å². The highest BCUT2D eigenvalue weighted by Crippen LogP contribution is 2.16. The molecule has 150 valence electrons. The number of amides is 2. The summed E-state index contributed by atoms with van der Waals surface area (Å²) in [6.07, 6.45) is 0.263. The predicted octanol–water partition coefficient (Wildman–Crippen LogP) is 3.43. The van der Waals surface area contributed by atoms with Crippen LogP contribution < -0.4 is 10.1 Å². The molecule has 0 aliphatic carbocycles. The molecule has 0 bridgehead atoms. The molecule has 0 saturated carbocycles. The first-order valence-corrected chi connectivity index (χ1v) is 9.64. The molecule has 0 spiro atoms. The average molecular weight is 383 g/mol. The van der Waals surface area contributed by atoms with Crippen LogP contribution in [-0.2, 0) is 22.6 Å². The predicted molar refractivity (Wildman–Crippen MR) is 111 cm³/mol. The molecule has 1 N–H and O–H groups in total. The smallest absolute Gasteiger partial charge is 0.242 e. The van der Waals surface area contributed by atoms with Crippen molar-refractivity contribution in [3.63, 3.8) is 0 Å². The van der Waals surface area contributed by atoms with Gasteiger partial charge in [0, 0.05) is 13.1 Å². The van der Waals surface area contributed by atoms with E-state index in [0.29, 0.717) is 19.0 Å². The minimum Gasteiger partial charge on any atom is -0.497 e. The Labute approximate surface area is 167 Å². The summed E-state index contributed by atoms with van der Waals surface area (Å²) in [5.74, 6) is 0.901. The number of carbonyl (C=O) groups is 2. The molecule has 0 radical (unpaired) electrons. The minimum atomic E-state index is -0.558. The molecule has 28 heavy (non-hydrogen) atoms. The van der Waals surface area contributed by atoms with Gasteiger partial charge in [0.1, 0.15) is 11.8 Å². The molecule has 5 nitrogen and oxygen atoms in total. The molecule has 0 saturated heterocycles. The fourth-order valence-corrected chi connectivity index (χ4v) is 2.83. The second-order valence-electron chi connectivity index (χ2n) is 7.35. The number of methoxy groups -OCH3 is 1. The van der Waals surface area contributed by atoms with Gasteiger partial charge in [-0.2, -0.15) is 0 Å². The molecular weight excluding hydrogens is 352 g/mol. The molecule has 0 heterocycles. The molecule has 2 rings (SSSR count). The van der Waals surface area contributed by atoms with Gasteiger partial charge in [-0.25, -0.2) is 0 Å². The van der Waals surface area contributed by atoms with Crippen LogP contribution in [0.15, 0.2) is 54.6 Å². The Morgan fingerprint density at radius 2 is 1.61 bits per heavy atom. The summed E-state index contributed by atoms with van der Waals surface area (Å²) in [6.45, 7) is 6.82. The van der Waals surface area contributed by atoms with E-state index in [2.05, 4.69) is 5.32 Å². The van der Waals surface area contributed by atoms with E-state index in [1.807, 2.05) is 68.4 Å². The Morgan fingerprint density at radius 1 is 0.964 bits per heavy atom. The molecule has 5 heteroatoms. The Hall–Kier alpha value is -2.82. The van der Waals surface area contributed by atoms with Crippen LogP contribution >= 0.6 is 0 Å². The van der Waals surface area contributed by atoms with Crippen LogP contribution in [0.2, 0.25) is 0 Å². The van der Waals surface area contributed by atoms with Crippen molar-refractivity contribution in [2.45, 2.75) is 39.8 Å². The first-order chi connectivity index (χ1) is 13.4. The van der Waals surface area contributed by atoms with E-state index in [9.17, 15) is 9.59 Å². The summed E-state index contributed by atoms with van der Waals surface area (Å²) in [4.78, 5) is 27.3. The summed E-state index contributed by atoms with van der Waals surface area (Å²) in [5, 5.41) is 2.93. The standard InChI is InChI=1S/C23H30N2O3/c1-17(2)15-24-23(27)18(3)25(16-20-10-12-21(28-4)13-11-20)22(26)14-19-8-6-5-7-9-19/h5-13,17-18H,14-16H2,1-4H3,(H,24,27)/t18-/m1/s1. The Balaban J connectivity index is 2.17. The van der Waals surface area contributed by atoms with Crippen molar-refractivity contribution in [3.05, 3.63) is 65.7 Å². The van der Waals surface area contributed by atoms with Gasteiger partial charge in [-0.05, 0) is 36.1 Å². The Kier molecular flexibility index (Phi) is 8.05. The fourth-order valence-electron chi connectivity index (χ4n) is 2.83. The van der Waals surface area contributed by atoms with E-state index in [-0.39, 0.29) is 18.2 Å². The second-order valence-corrected chi connectivity index (χ2v) is 7.35. The van der Waals surface area contributed by atoms with E-state index in [1.165, 1.54) is 0 Å². The van der Waals surface area contributed by atoms with E-state index in [0.717, 1.165) is 16.9 Å². The van der Waals surface area contributed by atoms with E-state index >= 15 is 0 Å². The van der Waals surface area contributed by atoms with E-state index in [4.69, 9.17) is 4.74 Å². The number of benzene rings is 2. The molecule has 2 aromatic carbocycles. The molecule has 2 aromatic rings. The molecule has 0 unspecified atom stereocenters. The quantitative estimate of drug-likeness (QED) is 0.723. The van der Waals surface area contributed by atoms with Gasteiger partial charge in [0.2, 0.25) is 11.8 Å². The van der Waals surface area contributed by atoms with Crippen molar-refractivity contribution in [1.82, 2.24) is 10.2 Å². The third kappa shape index (κ3) is 6.41. The van der Waals surface area contributed by atoms with Gasteiger partial charge >= 0.3 is 0 Å². The fraction of sp³-hybridized carbons (Fsp3) is 0.391. The van der Waals surface area contributed by atoms with Crippen molar-refractivity contribution in [2.24, 2.45) is 5.92 Å². The highest BCUT2D eigenvalue weighted by Gasteiger charge is 2.26. The van der Waals surface area contributed by atoms with Crippen LogP contribution in [0.3, 0.4) is 0 Å². The van der Waals surface area contributed by atoms with Gasteiger partial charge in [0.25, 0.3) is 0 Å². The average Bonchev–Trinajstić information content (AvgIpc) is 2.70. The van der Waals surface area contributed by atoms with Crippen LogP contribution in [-0.4, -0.2) is 36.4 Å². The molecule has 0 aliphatic rings. The SMILES string of the molecule is COc1ccc(CN(C(=O)Cc2ccccc2)[C@H](C)C(=O)NCC(C)C)cc1. The van der Waals surface area contributed by atoms with Gasteiger partial charge in [0.15, 0.2) is 0 Å². The third-order valence-electron chi connectivity index (χ3n) is 4.56. The summed E-state index contributed by atoms with van der Waals surface area (Å²) in [7, 11) is 1.62. The number of rotatable bonds is 9. The Morgan fingerprint density at radius 3 is 2.18 bits per heavy atom. The summed E-state index contributed by atoms with van der Waals surface area (Å²) >= 11 is 0. The summed E-state index contributed by atoms with van der Waals surface area (Å²) in [5.41, 5.74) is 1.88. The van der Waals surface area contributed by atoms with Gasteiger partial charge in [0.05, 0.1) is 13.5 Å². The lowest BCUT2D eigenvalue weighted by Gasteiger charge is -2.29. The lowest BCUT2D eigenvalue weighted by atomic mass is 10.1. The van der Waals surface area contributed by atoms with Crippen LogP contribution in [0.25, 0.3) is 0 Å². The molecule has 1 atom stereocenters. The molecule has 0 aromatic heterocycles. The lowest BCUT2D eigenvalue weighted by molar-refractivity contribution is -0.140. The zero-order valence-electron chi connectivity index (χ0n) is 17.1. The highest BCUT2D eigenvalue weighted by atomic mass is 16.5. The number of hydrogen-bond donors (Lipinski definition) is 1. The van der Waals surface area contributed by atoms with Crippen molar-refractivity contribution >= 4 is 11.8 Å². The molecular formula is C23H30N2O3. The van der Waals surface area contributed by atoms with Crippen molar-refractivity contribution < 1.29 is 14.3 Å². The summed E-state index contributed by atoms with van der Waals surface area (Å²) < 4.78 is 5.20. The van der Waals surface area contributed by atoms with Gasteiger partial charge in [-0.3, -0.25) is 9.59 Å². The van der Waals surface area contributed by atoms with Gasteiger partial charge in [-0.1, -0.05) is 56.3 Å². The normalized spacial score (nSPS) is 11.8. The monoisotopic (exact) mass is 382 g/mol. The highest BCUT2D eigenvalue weighted by molar-refractivity contribution is 5.88. The molecule has 0 aliphatic heterocycles. The number of nitrogens with one attached hydrogen (secondary N) is 1. The number of carbonyl (C=O) groups excluding carboxylic acids is 2. The number of ether oxygens (including phenoxy) is 1. The van der Waals surface area contributed by atoms with Crippen molar-refractivity contribution in [1.29, 1.82) is 0 Å². The maximum Gasteiger partial charge on any atom is 0.242 e. The lowest BCUT2D eigenvalue weighted by Crippen LogP contribution is -2.48. The van der Waals surface area contributed by atoms with Crippen molar-refractivity contribution in [2.75, 3.05) is 13.7 Å². The molecule has 2 amide bonds. The maximum atomic E-state index is 13.0. The minimum absolute atomic E-state index is 0.0748. The van der Waals surface area contributed by atoms with E-state index < -0.39 is 6.04 Å². The maximum absolute atomic E-state index is 13.0. The van der Waals surface area contributed by atoms with Crippen molar-refractivity contribution in [3.8, 4) is 5.75 Å². The second kappa shape index (κ2) is 10.5. The first-order valence-electron chi connectivity index (χ1n) is 9.64. The van der Waals surface area contributed by atoms with Crippen LogP contribution in [0, 0.1) is 5.92 Å². The van der Waals surface area contributed by atoms with Crippen LogP contribution in [0.1, 0.15) is 31.9 Å². The Bertz CT molecular complexity index is 757. The first kappa shape index (κ1) is 21.5. The largest absolute Gasteiger partial charge is 0.497 e. The van der Waals surface area contributed by atoms with E-state index in [1.54, 1.807) is 18.9 Å². The van der Waals surface area contributed by atoms with Crippen LogP contribution in [0.5, 0.6) is 5.75 Å². The summed E-state index contributed by atoms with van der Waals surface area (Å²) in [6, 6.07) is 16.6. The zero-order chi connectivity index (χ0) is 20.5. The number of hydrogen-bond acceptors (Lipinski definition) is 3. The number of nitrogens with zero attached hydrogens (tertiary/aromatic N) is 1. The van der Waals surface area contributed by atoms with Gasteiger partial charge < -0.3 is 15.0 Å². The molecule has 0 fully saturated rings. The van der Waals surface area contributed by atoms with Crippen LogP contribution in [0.4, 0.5) is 0 Å².